The van der Waals surface area contributed by atoms with Crippen molar-refractivity contribution in [2.45, 2.75) is 32.3 Å². The lowest BCUT2D eigenvalue weighted by Crippen LogP contribution is -2.53. The topological polar surface area (TPSA) is 65.6 Å². The van der Waals surface area contributed by atoms with Crippen molar-refractivity contribution in [3.8, 4) is 0 Å². The van der Waals surface area contributed by atoms with E-state index in [1.54, 1.807) is 12.3 Å². The smallest absolute Gasteiger partial charge is 0.270 e. The standard InChI is InChI=1S/C17H25N3O3/c1-17(2)12-13(5-11-23-17)15(21)19-7-9-20(10-8-19)16(22)14-4-3-6-18-14/h3-4,6,13,18H,5,7-12H2,1-2H3. The van der Waals surface area contributed by atoms with Crippen LogP contribution in [0.5, 0.6) is 0 Å². The highest BCUT2D eigenvalue weighted by atomic mass is 16.5. The van der Waals surface area contributed by atoms with Crippen molar-refractivity contribution in [3.63, 3.8) is 0 Å². The van der Waals surface area contributed by atoms with Gasteiger partial charge < -0.3 is 19.5 Å². The summed E-state index contributed by atoms with van der Waals surface area (Å²) in [5.74, 6) is 0.270. The van der Waals surface area contributed by atoms with Gasteiger partial charge >= 0.3 is 0 Å². The average Bonchev–Trinajstić information content (AvgIpc) is 3.07. The Balaban J connectivity index is 1.54. The lowest BCUT2D eigenvalue weighted by molar-refractivity contribution is -0.146. The van der Waals surface area contributed by atoms with Gasteiger partial charge in [0, 0.05) is 44.9 Å². The molecule has 0 aliphatic carbocycles. The van der Waals surface area contributed by atoms with E-state index in [9.17, 15) is 9.59 Å². The zero-order valence-corrected chi connectivity index (χ0v) is 13.9. The van der Waals surface area contributed by atoms with E-state index in [2.05, 4.69) is 4.98 Å². The number of H-pyrrole nitrogens is 1. The molecule has 1 atom stereocenters. The van der Waals surface area contributed by atoms with Gasteiger partial charge in [0.15, 0.2) is 0 Å². The molecule has 0 aromatic carbocycles. The summed E-state index contributed by atoms with van der Waals surface area (Å²) < 4.78 is 5.70. The average molecular weight is 319 g/mol. The first-order valence-electron chi connectivity index (χ1n) is 8.32. The normalized spacial score (nSPS) is 24.5. The fraction of sp³-hybridized carbons (Fsp3) is 0.647. The van der Waals surface area contributed by atoms with Crippen LogP contribution in [-0.4, -0.2) is 65.0 Å². The summed E-state index contributed by atoms with van der Waals surface area (Å²) in [4.78, 5) is 31.7. The zero-order valence-electron chi connectivity index (χ0n) is 13.9. The molecule has 1 aromatic heterocycles. The Labute approximate surface area is 136 Å². The van der Waals surface area contributed by atoms with Gasteiger partial charge in [0.05, 0.1) is 5.60 Å². The fourth-order valence-electron chi connectivity index (χ4n) is 3.46. The molecule has 1 N–H and O–H groups in total. The molecular weight excluding hydrogens is 294 g/mol. The van der Waals surface area contributed by atoms with Crippen molar-refractivity contribution in [3.05, 3.63) is 24.0 Å². The fourth-order valence-corrected chi connectivity index (χ4v) is 3.46. The molecule has 1 aromatic rings. The summed E-state index contributed by atoms with van der Waals surface area (Å²) in [6.45, 7) is 7.14. The van der Waals surface area contributed by atoms with Gasteiger partial charge in [0.2, 0.25) is 5.91 Å². The lowest BCUT2D eigenvalue weighted by Gasteiger charge is -2.40. The van der Waals surface area contributed by atoms with E-state index in [1.807, 2.05) is 29.7 Å². The van der Waals surface area contributed by atoms with Gasteiger partial charge in [-0.3, -0.25) is 9.59 Å². The van der Waals surface area contributed by atoms with Crippen molar-refractivity contribution in [1.82, 2.24) is 14.8 Å². The summed E-state index contributed by atoms with van der Waals surface area (Å²) in [6, 6.07) is 3.60. The monoisotopic (exact) mass is 319 g/mol. The highest BCUT2D eigenvalue weighted by Crippen LogP contribution is 2.30. The van der Waals surface area contributed by atoms with Gasteiger partial charge in [-0.1, -0.05) is 0 Å². The van der Waals surface area contributed by atoms with E-state index in [4.69, 9.17) is 4.74 Å². The highest BCUT2D eigenvalue weighted by Gasteiger charge is 2.36. The predicted molar refractivity (Wildman–Crippen MR) is 86.0 cm³/mol. The number of nitrogens with one attached hydrogen (secondary N) is 1. The van der Waals surface area contributed by atoms with Crippen LogP contribution in [0, 0.1) is 5.92 Å². The van der Waals surface area contributed by atoms with Gasteiger partial charge in [-0.05, 0) is 38.8 Å². The Morgan fingerprint density at radius 1 is 1.22 bits per heavy atom. The second-order valence-electron chi connectivity index (χ2n) is 7.00. The van der Waals surface area contributed by atoms with Crippen LogP contribution in [-0.2, 0) is 9.53 Å². The Hall–Kier alpha value is -1.82. The summed E-state index contributed by atoms with van der Waals surface area (Å²) >= 11 is 0. The number of ether oxygens (including phenoxy) is 1. The number of rotatable bonds is 2. The van der Waals surface area contributed by atoms with Crippen molar-refractivity contribution in [1.29, 1.82) is 0 Å². The largest absolute Gasteiger partial charge is 0.376 e. The Bertz CT molecular complexity index is 560. The minimum Gasteiger partial charge on any atom is -0.376 e. The first-order chi connectivity index (χ1) is 11.0. The molecule has 0 spiro atoms. The number of amides is 2. The molecule has 1 unspecified atom stereocenters. The van der Waals surface area contributed by atoms with E-state index in [0.717, 1.165) is 12.8 Å². The van der Waals surface area contributed by atoms with Crippen molar-refractivity contribution < 1.29 is 14.3 Å². The molecule has 2 fully saturated rings. The van der Waals surface area contributed by atoms with Gasteiger partial charge in [-0.2, -0.15) is 0 Å². The van der Waals surface area contributed by atoms with E-state index >= 15 is 0 Å². The molecule has 0 bridgehead atoms. The summed E-state index contributed by atoms with van der Waals surface area (Å²) in [5, 5.41) is 0. The molecule has 2 aliphatic heterocycles. The number of carbonyl (C=O) groups is 2. The van der Waals surface area contributed by atoms with E-state index < -0.39 is 0 Å². The molecular formula is C17H25N3O3. The van der Waals surface area contributed by atoms with Gasteiger partial charge in [-0.15, -0.1) is 0 Å². The molecule has 126 valence electrons. The predicted octanol–water partition coefficient (Wildman–Crippen LogP) is 1.50. The molecule has 6 nitrogen and oxygen atoms in total. The summed E-state index contributed by atoms with van der Waals surface area (Å²) in [7, 11) is 0. The number of hydrogen-bond acceptors (Lipinski definition) is 3. The number of aromatic amines is 1. The summed E-state index contributed by atoms with van der Waals surface area (Å²) in [5.41, 5.74) is 0.389. The first kappa shape index (κ1) is 16.1. The number of nitrogens with zero attached hydrogens (tertiary/aromatic N) is 2. The zero-order chi connectivity index (χ0) is 16.4. The maximum Gasteiger partial charge on any atom is 0.270 e. The Kier molecular flexibility index (Phi) is 4.43. The lowest BCUT2D eigenvalue weighted by atomic mass is 9.87. The molecule has 0 saturated carbocycles. The van der Waals surface area contributed by atoms with Gasteiger partial charge in [0.25, 0.3) is 5.91 Å². The highest BCUT2D eigenvalue weighted by molar-refractivity contribution is 5.92. The summed E-state index contributed by atoms with van der Waals surface area (Å²) in [6.07, 6.45) is 3.32. The van der Waals surface area contributed by atoms with Crippen molar-refractivity contribution in [2.75, 3.05) is 32.8 Å². The second kappa shape index (κ2) is 6.35. The molecule has 2 saturated heterocycles. The van der Waals surface area contributed by atoms with Gasteiger partial charge in [0.1, 0.15) is 5.69 Å². The van der Waals surface area contributed by atoms with E-state index in [-0.39, 0.29) is 23.3 Å². The molecule has 2 aliphatic rings. The number of carbonyl (C=O) groups excluding carboxylic acids is 2. The van der Waals surface area contributed by atoms with E-state index in [0.29, 0.717) is 38.5 Å². The minimum atomic E-state index is -0.218. The SMILES string of the molecule is CC1(C)CC(C(=O)N2CCN(C(=O)c3ccc[nH]3)CC2)CCO1. The first-order valence-corrected chi connectivity index (χ1v) is 8.32. The quantitative estimate of drug-likeness (QED) is 0.898. The van der Waals surface area contributed by atoms with E-state index in [1.165, 1.54) is 0 Å². The van der Waals surface area contributed by atoms with Crippen LogP contribution in [0.25, 0.3) is 0 Å². The van der Waals surface area contributed by atoms with Crippen LogP contribution in [0.15, 0.2) is 18.3 Å². The molecule has 6 heteroatoms. The molecule has 2 amide bonds. The number of piperazine rings is 1. The maximum absolute atomic E-state index is 12.7. The Morgan fingerprint density at radius 2 is 1.91 bits per heavy atom. The van der Waals surface area contributed by atoms with Crippen molar-refractivity contribution >= 4 is 11.8 Å². The molecule has 3 heterocycles. The third-order valence-corrected chi connectivity index (χ3v) is 4.75. The number of hydrogen-bond donors (Lipinski definition) is 1. The van der Waals surface area contributed by atoms with Crippen LogP contribution >= 0.6 is 0 Å². The van der Waals surface area contributed by atoms with Crippen LogP contribution in [0.2, 0.25) is 0 Å². The van der Waals surface area contributed by atoms with Gasteiger partial charge in [-0.25, -0.2) is 0 Å². The third-order valence-electron chi connectivity index (χ3n) is 4.75. The molecule has 3 rings (SSSR count). The number of aromatic nitrogens is 1. The maximum atomic E-state index is 12.7. The van der Waals surface area contributed by atoms with Crippen LogP contribution < -0.4 is 0 Å². The third kappa shape index (κ3) is 3.58. The minimum absolute atomic E-state index is 0.00861. The van der Waals surface area contributed by atoms with Crippen LogP contribution in [0.1, 0.15) is 37.2 Å². The molecule has 23 heavy (non-hydrogen) atoms. The second-order valence-corrected chi connectivity index (χ2v) is 7.00. The van der Waals surface area contributed by atoms with Crippen LogP contribution in [0.3, 0.4) is 0 Å². The Morgan fingerprint density at radius 3 is 2.52 bits per heavy atom. The van der Waals surface area contributed by atoms with Crippen LogP contribution in [0.4, 0.5) is 0 Å². The molecule has 0 radical (unpaired) electrons. The van der Waals surface area contributed by atoms with Crippen molar-refractivity contribution in [2.24, 2.45) is 5.92 Å².